The highest BCUT2D eigenvalue weighted by Crippen LogP contribution is 2.20. The molecule has 9 heteroatoms. The lowest BCUT2D eigenvalue weighted by Gasteiger charge is -2.34. The zero-order chi connectivity index (χ0) is 19.5. The first kappa shape index (κ1) is 18.1. The van der Waals surface area contributed by atoms with Gasteiger partial charge in [0.1, 0.15) is 6.54 Å². The van der Waals surface area contributed by atoms with Crippen LogP contribution in [0.3, 0.4) is 0 Å². The lowest BCUT2D eigenvalue weighted by atomic mass is 10.0. The van der Waals surface area contributed by atoms with Gasteiger partial charge in [0.25, 0.3) is 0 Å². The van der Waals surface area contributed by atoms with Crippen LogP contribution in [0.2, 0.25) is 0 Å². The number of carbonyl (C=O) groups excluding carboxylic acids is 1. The fourth-order valence-electron chi connectivity index (χ4n) is 3.51. The molecule has 28 heavy (non-hydrogen) atoms. The van der Waals surface area contributed by atoms with Gasteiger partial charge in [0, 0.05) is 37.8 Å². The molecule has 1 aromatic heterocycles. The number of hydrogen-bond donors (Lipinski definition) is 0. The summed E-state index contributed by atoms with van der Waals surface area (Å²) in [6.07, 6.45) is 1.22. The van der Waals surface area contributed by atoms with Gasteiger partial charge in [0.2, 0.25) is 12.2 Å². The third-order valence-corrected chi connectivity index (χ3v) is 4.98. The summed E-state index contributed by atoms with van der Waals surface area (Å²) < 4.78 is 1.21. The number of amides is 1. The molecule has 1 amide bonds. The van der Waals surface area contributed by atoms with E-state index in [1.807, 2.05) is 6.07 Å². The van der Waals surface area contributed by atoms with Crippen molar-refractivity contribution in [2.45, 2.75) is 13.1 Å². The third kappa shape index (κ3) is 3.84. The molecule has 0 N–H and O–H groups in total. The molecule has 9 nitrogen and oxygen atoms in total. The number of aromatic nitrogens is 3. The maximum absolute atomic E-state index is 12.4. The summed E-state index contributed by atoms with van der Waals surface area (Å²) in [6, 6.07) is 14.7. The third-order valence-electron chi connectivity index (χ3n) is 4.98. The smallest absolute Gasteiger partial charge is 0.390 e. The van der Waals surface area contributed by atoms with Crippen molar-refractivity contribution in [3.05, 3.63) is 64.5 Å². The van der Waals surface area contributed by atoms with Gasteiger partial charge in [-0.3, -0.25) is 9.69 Å². The van der Waals surface area contributed by atoms with E-state index in [9.17, 15) is 14.9 Å². The number of hydrogen-bond acceptors (Lipinski definition) is 6. The molecule has 0 radical (unpaired) electrons. The first-order chi connectivity index (χ1) is 13.6. The molecule has 3 aromatic rings. The topological polar surface area (TPSA) is 97.4 Å². The van der Waals surface area contributed by atoms with Crippen LogP contribution in [0.15, 0.2) is 48.8 Å². The summed E-state index contributed by atoms with van der Waals surface area (Å²) in [5.74, 6) is -0.600. The van der Waals surface area contributed by atoms with Gasteiger partial charge in [-0.25, -0.2) is 0 Å². The molecular weight excluding hydrogens is 360 g/mol. The van der Waals surface area contributed by atoms with Crippen molar-refractivity contribution < 1.29 is 9.72 Å². The molecule has 1 aliphatic heterocycles. The molecule has 1 aliphatic rings. The van der Waals surface area contributed by atoms with Crippen LogP contribution in [0, 0.1) is 10.1 Å². The molecule has 0 spiro atoms. The van der Waals surface area contributed by atoms with Gasteiger partial charge in [-0.15, -0.1) is 0 Å². The van der Waals surface area contributed by atoms with Crippen LogP contribution < -0.4 is 0 Å². The molecule has 4 rings (SSSR count). The van der Waals surface area contributed by atoms with E-state index in [1.165, 1.54) is 27.3 Å². The number of benzene rings is 2. The van der Waals surface area contributed by atoms with Gasteiger partial charge in [0.15, 0.2) is 0 Å². The minimum atomic E-state index is -0.674. The van der Waals surface area contributed by atoms with Crippen molar-refractivity contribution in [2.75, 3.05) is 26.2 Å². The molecule has 1 saturated heterocycles. The van der Waals surface area contributed by atoms with Crippen molar-refractivity contribution in [1.29, 1.82) is 0 Å². The Bertz CT molecular complexity index is 1000. The van der Waals surface area contributed by atoms with Crippen LogP contribution in [-0.4, -0.2) is 61.6 Å². The standard InChI is InChI=1S/C19H20N6O3/c26-18(13-24-14-20-19(21-24)25(27)28)23-10-8-22(9-11-23)12-16-6-3-5-15-4-1-2-7-17(15)16/h1-7,14H,8-13H2. The summed E-state index contributed by atoms with van der Waals surface area (Å²) in [7, 11) is 0. The van der Waals surface area contributed by atoms with Gasteiger partial charge in [-0.2, -0.15) is 4.68 Å². The van der Waals surface area contributed by atoms with Crippen LogP contribution in [0.4, 0.5) is 5.95 Å². The van der Waals surface area contributed by atoms with E-state index in [0.717, 1.165) is 19.6 Å². The number of rotatable bonds is 5. The predicted molar refractivity (Wildman–Crippen MR) is 102 cm³/mol. The van der Waals surface area contributed by atoms with Crippen molar-refractivity contribution >= 4 is 22.6 Å². The number of nitrogens with zero attached hydrogens (tertiary/aromatic N) is 6. The normalized spacial score (nSPS) is 15.1. The van der Waals surface area contributed by atoms with E-state index < -0.39 is 10.9 Å². The number of carbonyl (C=O) groups is 1. The Kier molecular flexibility index (Phi) is 4.98. The van der Waals surface area contributed by atoms with Gasteiger partial charge < -0.3 is 15.0 Å². The monoisotopic (exact) mass is 380 g/mol. The highest BCUT2D eigenvalue weighted by Gasteiger charge is 2.23. The number of nitro groups is 1. The Balaban J connectivity index is 1.33. The maximum atomic E-state index is 12.4. The quantitative estimate of drug-likeness (QED) is 0.493. The minimum absolute atomic E-state index is 0.0375. The van der Waals surface area contributed by atoms with E-state index >= 15 is 0 Å². The largest absolute Gasteiger partial charge is 0.490 e. The lowest BCUT2D eigenvalue weighted by molar-refractivity contribution is -0.394. The van der Waals surface area contributed by atoms with E-state index in [4.69, 9.17) is 0 Å². The summed E-state index contributed by atoms with van der Waals surface area (Å²) in [4.78, 5) is 30.1. The molecule has 2 aromatic carbocycles. The average Bonchev–Trinajstić information content (AvgIpc) is 3.18. The number of fused-ring (bicyclic) bond motifs is 1. The van der Waals surface area contributed by atoms with Crippen LogP contribution >= 0.6 is 0 Å². The molecule has 0 atom stereocenters. The second-order valence-electron chi connectivity index (χ2n) is 6.79. The number of piperazine rings is 1. The van der Waals surface area contributed by atoms with Gasteiger partial charge in [0.05, 0.1) is 0 Å². The minimum Gasteiger partial charge on any atom is -0.390 e. The van der Waals surface area contributed by atoms with E-state index in [-0.39, 0.29) is 12.5 Å². The fraction of sp³-hybridized carbons (Fsp3) is 0.316. The Morgan fingerprint density at radius 1 is 1.07 bits per heavy atom. The summed E-state index contributed by atoms with van der Waals surface area (Å²) in [6.45, 7) is 3.63. The zero-order valence-corrected chi connectivity index (χ0v) is 15.3. The fourth-order valence-corrected chi connectivity index (χ4v) is 3.51. The van der Waals surface area contributed by atoms with Crippen molar-refractivity contribution in [2.24, 2.45) is 0 Å². The Labute approximate surface area is 161 Å². The Morgan fingerprint density at radius 2 is 1.82 bits per heavy atom. The summed E-state index contributed by atoms with van der Waals surface area (Å²) in [5.41, 5.74) is 1.29. The highest BCUT2D eigenvalue weighted by molar-refractivity contribution is 5.85. The second-order valence-corrected chi connectivity index (χ2v) is 6.79. The van der Waals surface area contributed by atoms with E-state index in [2.05, 4.69) is 51.4 Å². The highest BCUT2D eigenvalue weighted by atomic mass is 16.6. The van der Waals surface area contributed by atoms with Gasteiger partial charge >= 0.3 is 5.95 Å². The maximum Gasteiger partial charge on any atom is 0.490 e. The molecule has 0 unspecified atom stereocenters. The Morgan fingerprint density at radius 3 is 2.57 bits per heavy atom. The van der Waals surface area contributed by atoms with Crippen molar-refractivity contribution in [1.82, 2.24) is 24.6 Å². The molecule has 2 heterocycles. The first-order valence-electron chi connectivity index (χ1n) is 9.11. The summed E-state index contributed by atoms with van der Waals surface area (Å²) in [5, 5.41) is 16.8. The molecular formula is C19H20N6O3. The molecule has 0 saturated carbocycles. The molecule has 1 fully saturated rings. The average molecular weight is 380 g/mol. The SMILES string of the molecule is O=C(Cn1cnc([N+](=O)[O-])n1)N1CCN(Cc2cccc3ccccc23)CC1. The molecule has 144 valence electrons. The van der Waals surface area contributed by atoms with Crippen LogP contribution in [0.25, 0.3) is 10.8 Å². The van der Waals surface area contributed by atoms with Crippen LogP contribution in [-0.2, 0) is 17.9 Å². The van der Waals surface area contributed by atoms with Crippen molar-refractivity contribution in [3.63, 3.8) is 0 Å². The molecule has 0 aliphatic carbocycles. The lowest BCUT2D eigenvalue weighted by Crippen LogP contribution is -2.49. The predicted octanol–water partition coefficient (Wildman–Crippen LogP) is 1.68. The van der Waals surface area contributed by atoms with E-state index in [1.54, 1.807) is 4.90 Å². The second kappa shape index (κ2) is 7.73. The Hall–Kier alpha value is -3.33. The molecule has 0 bridgehead atoms. The van der Waals surface area contributed by atoms with Crippen LogP contribution in [0.1, 0.15) is 5.56 Å². The zero-order valence-electron chi connectivity index (χ0n) is 15.3. The van der Waals surface area contributed by atoms with Crippen molar-refractivity contribution in [3.8, 4) is 0 Å². The van der Waals surface area contributed by atoms with Crippen LogP contribution in [0.5, 0.6) is 0 Å². The van der Waals surface area contributed by atoms with E-state index in [0.29, 0.717) is 13.1 Å². The summed E-state index contributed by atoms with van der Waals surface area (Å²) >= 11 is 0. The van der Waals surface area contributed by atoms with Gasteiger partial charge in [-0.05, 0) is 21.3 Å². The first-order valence-corrected chi connectivity index (χ1v) is 9.11. The van der Waals surface area contributed by atoms with Gasteiger partial charge in [-0.1, -0.05) is 47.4 Å².